The molecule has 1 N–H and O–H groups in total. The van der Waals surface area contributed by atoms with Gasteiger partial charge in [-0.1, -0.05) is 6.92 Å². The average Bonchev–Trinajstić information content (AvgIpc) is 2.47. The molecule has 1 fully saturated rings. The van der Waals surface area contributed by atoms with Crippen LogP contribution in [0.15, 0.2) is 18.2 Å². The fourth-order valence-corrected chi connectivity index (χ4v) is 2.61. The van der Waals surface area contributed by atoms with E-state index in [1.807, 2.05) is 6.92 Å². The van der Waals surface area contributed by atoms with Gasteiger partial charge >= 0.3 is 0 Å². The predicted molar refractivity (Wildman–Crippen MR) is 73.6 cm³/mol. The molecule has 20 heavy (non-hydrogen) atoms. The Balaban J connectivity index is 2.23. The van der Waals surface area contributed by atoms with Gasteiger partial charge in [0.05, 0.1) is 5.56 Å². The predicted octanol–water partition coefficient (Wildman–Crippen LogP) is 2.57. The summed E-state index contributed by atoms with van der Waals surface area (Å²) in [6.07, 6.45) is 2.68. The molecular formula is C15H20F2N2O. The van der Waals surface area contributed by atoms with Gasteiger partial charge in [0, 0.05) is 19.1 Å². The van der Waals surface area contributed by atoms with Crippen LogP contribution >= 0.6 is 0 Å². The van der Waals surface area contributed by atoms with Crippen LogP contribution in [-0.4, -0.2) is 36.5 Å². The first-order chi connectivity index (χ1) is 9.63. The molecule has 1 amide bonds. The summed E-state index contributed by atoms with van der Waals surface area (Å²) in [4.78, 5) is 14.2. The number of carbonyl (C=O) groups excluding carboxylic acids is 1. The molecule has 2 rings (SSSR count). The van der Waals surface area contributed by atoms with E-state index in [2.05, 4.69) is 5.32 Å². The van der Waals surface area contributed by atoms with Crippen LogP contribution in [0.2, 0.25) is 0 Å². The Labute approximate surface area is 118 Å². The van der Waals surface area contributed by atoms with Gasteiger partial charge in [-0.2, -0.15) is 0 Å². The number of amides is 1. The average molecular weight is 282 g/mol. The zero-order chi connectivity index (χ0) is 14.5. The van der Waals surface area contributed by atoms with Crippen LogP contribution in [0.5, 0.6) is 0 Å². The summed E-state index contributed by atoms with van der Waals surface area (Å²) < 4.78 is 27.0. The van der Waals surface area contributed by atoms with Gasteiger partial charge in [-0.15, -0.1) is 0 Å². The maximum Gasteiger partial charge on any atom is 0.257 e. The van der Waals surface area contributed by atoms with Gasteiger partial charge in [-0.25, -0.2) is 8.78 Å². The maximum atomic E-state index is 13.8. The molecule has 0 aromatic heterocycles. The summed E-state index contributed by atoms with van der Waals surface area (Å²) in [6, 6.07) is 3.07. The molecule has 0 bridgehead atoms. The lowest BCUT2D eigenvalue weighted by atomic mass is 10.0. The third kappa shape index (κ3) is 3.33. The number of rotatable bonds is 4. The summed E-state index contributed by atoms with van der Waals surface area (Å²) >= 11 is 0. The van der Waals surface area contributed by atoms with Crippen molar-refractivity contribution in [2.75, 3.05) is 19.6 Å². The van der Waals surface area contributed by atoms with Gasteiger partial charge in [0.25, 0.3) is 5.91 Å². The number of piperidine rings is 1. The van der Waals surface area contributed by atoms with Crippen molar-refractivity contribution < 1.29 is 13.6 Å². The maximum absolute atomic E-state index is 13.8. The van der Waals surface area contributed by atoms with Crippen LogP contribution < -0.4 is 5.32 Å². The highest BCUT2D eigenvalue weighted by Crippen LogP contribution is 2.18. The van der Waals surface area contributed by atoms with Gasteiger partial charge < -0.3 is 10.2 Å². The fraction of sp³-hybridized carbons (Fsp3) is 0.533. The minimum atomic E-state index is -0.665. The second kappa shape index (κ2) is 6.79. The van der Waals surface area contributed by atoms with E-state index in [0.717, 1.165) is 44.0 Å². The zero-order valence-electron chi connectivity index (χ0n) is 11.7. The third-order valence-electron chi connectivity index (χ3n) is 3.60. The summed E-state index contributed by atoms with van der Waals surface area (Å²) in [7, 11) is 0. The SMILES string of the molecule is CCCN(C(=O)c1cc(F)ccc1F)C1CCCNC1. The van der Waals surface area contributed by atoms with Crippen LogP contribution in [0.25, 0.3) is 0 Å². The molecule has 5 heteroatoms. The van der Waals surface area contributed by atoms with Crippen molar-refractivity contribution in [2.24, 2.45) is 0 Å². The Bertz CT molecular complexity index is 473. The Hall–Kier alpha value is -1.49. The second-order valence-corrected chi connectivity index (χ2v) is 5.12. The topological polar surface area (TPSA) is 32.3 Å². The first kappa shape index (κ1) is 14.9. The molecule has 1 aliphatic heterocycles. The minimum Gasteiger partial charge on any atom is -0.334 e. The molecular weight excluding hydrogens is 262 g/mol. The quantitative estimate of drug-likeness (QED) is 0.920. The van der Waals surface area contributed by atoms with Gasteiger partial charge in [0.1, 0.15) is 11.6 Å². The smallest absolute Gasteiger partial charge is 0.257 e. The summed E-state index contributed by atoms with van der Waals surface area (Å²) in [6.45, 7) is 4.18. The number of hydrogen-bond donors (Lipinski definition) is 1. The van der Waals surface area contributed by atoms with Gasteiger partial charge in [-0.05, 0) is 44.0 Å². The summed E-state index contributed by atoms with van der Waals surface area (Å²) in [5.74, 6) is -1.67. The van der Waals surface area contributed by atoms with Crippen LogP contribution in [-0.2, 0) is 0 Å². The molecule has 110 valence electrons. The normalized spacial score (nSPS) is 18.9. The van der Waals surface area contributed by atoms with Crippen LogP contribution in [0.4, 0.5) is 8.78 Å². The Kier molecular flexibility index (Phi) is 5.06. The number of benzene rings is 1. The monoisotopic (exact) mass is 282 g/mol. The molecule has 1 saturated heterocycles. The van der Waals surface area contributed by atoms with Crippen molar-refractivity contribution in [1.29, 1.82) is 0 Å². The highest BCUT2D eigenvalue weighted by molar-refractivity contribution is 5.94. The van der Waals surface area contributed by atoms with Crippen molar-refractivity contribution in [3.05, 3.63) is 35.4 Å². The van der Waals surface area contributed by atoms with Crippen molar-refractivity contribution in [2.45, 2.75) is 32.2 Å². The molecule has 1 aromatic rings. The number of carbonyl (C=O) groups is 1. The van der Waals surface area contributed by atoms with E-state index in [1.165, 1.54) is 0 Å². The van der Waals surface area contributed by atoms with E-state index < -0.39 is 17.5 Å². The molecule has 1 aliphatic rings. The second-order valence-electron chi connectivity index (χ2n) is 5.12. The number of halogens is 2. The lowest BCUT2D eigenvalue weighted by molar-refractivity contribution is 0.0643. The van der Waals surface area contributed by atoms with Gasteiger partial charge in [-0.3, -0.25) is 4.79 Å². The van der Waals surface area contributed by atoms with E-state index in [4.69, 9.17) is 0 Å². The van der Waals surface area contributed by atoms with Crippen LogP contribution in [0, 0.1) is 11.6 Å². The molecule has 0 saturated carbocycles. The molecule has 0 aliphatic carbocycles. The van der Waals surface area contributed by atoms with Crippen molar-refractivity contribution in [1.82, 2.24) is 10.2 Å². The van der Waals surface area contributed by atoms with E-state index in [-0.39, 0.29) is 11.6 Å². The molecule has 1 atom stereocenters. The lowest BCUT2D eigenvalue weighted by Gasteiger charge is -2.34. The highest BCUT2D eigenvalue weighted by atomic mass is 19.1. The van der Waals surface area contributed by atoms with E-state index >= 15 is 0 Å². The standard InChI is InChI=1S/C15H20F2N2O/c1-2-8-19(12-4-3-7-18-10-12)15(20)13-9-11(16)5-6-14(13)17/h5-6,9,12,18H,2-4,7-8,10H2,1H3. The van der Waals surface area contributed by atoms with Crippen LogP contribution in [0.1, 0.15) is 36.5 Å². The first-order valence-electron chi connectivity index (χ1n) is 7.10. The van der Waals surface area contributed by atoms with E-state index in [0.29, 0.717) is 13.1 Å². The van der Waals surface area contributed by atoms with Crippen molar-refractivity contribution in [3.8, 4) is 0 Å². The lowest BCUT2D eigenvalue weighted by Crippen LogP contribution is -2.49. The fourth-order valence-electron chi connectivity index (χ4n) is 2.61. The van der Waals surface area contributed by atoms with Crippen LogP contribution in [0.3, 0.4) is 0 Å². The Morgan fingerprint density at radius 3 is 2.90 bits per heavy atom. The van der Waals surface area contributed by atoms with E-state index in [9.17, 15) is 13.6 Å². The molecule has 0 spiro atoms. The molecule has 3 nitrogen and oxygen atoms in total. The third-order valence-corrected chi connectivity index (χ3v) is 3.60. The highest BCUT2D eigenvalue weighted by Gasteiger charge is 2.27. The molecule has 1 heterocycles. The van der Waals surface area contributed by atoms with Gasteiger partial charge in [0.15, 0.2) is 0 Å². The zero-order valence-corrected chi connectivity index (χ0v) is 11.7. The summed E-state index contributed by atoms with van der Waals surface area (Å²) in [5, 5.41) is 3.24. The molecule has 0 radical (unpaired) electrons. The first-order valence-corrected chi connectivity index (χ1v) is 7.10. The Morgan fingerprint density at radius 2 is 2.25 bits per heavy atom. The van der Waals surface area contributed by atoms with Crippen molar-refractivity contribution >= 4 is 5.91 Å². The van der Waals surface area contributed by atoms with Gasteiger partial charge in [0.2, 0.25) is 0 Å². The minimum absolute atomic E-state index is 0.0545. The van der Waals surface area contributed by atoms with E-state index in [1.54, 1.807) is 4.90 Å². The Morgan fingerprint density at radius 1 is 1.45 bits per heavy atom. The molecule has 1 aromatic carbocycles. The molecule has 1 unspecified atom stereocenters. The largest absolute Gasteiger partial charge is 0.334 e. The number of nitrogens with one attached hydrogen (secondary N) is 1. The summed E-state index contributed by atoms with van der Waals surface area (Å²) in [5.41, 5.74) is -0.177. The number of nitrogens with zero attached hydrogens (tertiary/aromatic N) is 1. The number of hydrogen-bond acceptors (Lipinski definition) is 2. The van der Waals surface area contributed by atoms with Crippen molar-refractivity contribution in [3.63, 3.8) is 0 Å².